The Morgan fingerprint density at radius 2 is 2.10 bits per heavy atom. The first-order valence-electron chi connectivity index (χ1n) is 3.07. The highest BCUT2D eigenvalue weighted by Crippen LogP contribution is 2.20. The summed E-state index contributed by atoms with van der Waals surface area (Å²) < 4.78 is 0. The Balaban J connectivity index is 3.06. The van der Waals surface area contributed by atoms with E-state index >= 15 is 0 Å². The fraction of sp³-hybridized carbons (Fsp3) is 0.375. The van der Waals surface area contributed by atoms with Gasteiger partial charge < -0.3 is 0 Å². The van der Waals surface area contributed by atoms with Crippen molar-refractivity contribution in [2.24, 2.45) is 0 Å². The molecule has 0 aliphatic heterocycles. The molecule has 0 aliphatic carbocycles. The van der Waals surface area contributed by atoms with E-state index in [1.54, 1.807) is 11.3 Å². The Kier molecular flexibility index (Phi) is 2.24. The van der Waals surface area contributed by atoms with Crippen molar-refractivity contribution < 1.29 is 0 Å². The summed E-state index contributed by atoms with van der Waals surface area (Å²) in [6.07, 6.45) is 6.73. The van der Waals surface area contributed by atoms with Gasteiger partial charge in [0.2, 0.25) is 0 Å². The molecule has 0 aliphatic rings. The first-order chi connectivity index (χ1) is 4.58. The molecule has 10 heavy (non-hydrogen) atoms. The van der Waals surface area contributed by atoms with Crippen molar-refractivity contribution in [3.63, 3.8) is 0 Å². The molecule has 0 bridgehead atoms. The summed E-state index contributed by atoms with van der Waals surface area (Å²) in [7, 11) is -0.587. The average Bonchev–Trinajstić information content (AvgIpc) is 2.12. The third-order valence-corrected chi connectivity index (χ3v) is 2.67. The first-order valence-corrected chi connectivity index (χ1v) is 6.81. The number of hydrogen-bond donors (Lipinski definition) is 0. The van der Waals surface area contributed by atoms with E-state index in [-0.39, 0.29) is 0 Å². The zero-order valence-electron chi connectivity index (χ0n) is 6.55. The van der Waals surface area contributed by atoms with Crippen molar-refractivity contribution in [2.45, 2.75) is 0 Å². The monoisotopic (exact) mass is 172 g/mol. The highest BCUT2D eigenvalue weighted by molar-refractivity contribution is 8.22. The van der Waals surface area contributed by atoms with Gasteiger partial charge in [-0.1, -0.05) is 11.3 Å². The predicted molar refractivity (Wildman–Crippen MR) is 52.7 cm³/mol. The van der Waals surface area contributed by atoms with Gasteiger partial charge in [0.15, 0.2) is 0 Å². The zero-order chi connectivity index (χ0) is 7.61. The van der Waals surface area contributed by atoms with Crippen LogP contribution < -0.4 is 0 Å². The van der Waals surface area contributed by atoms with Crippen LogP contribution in [0.25, 0.3) is 0 Å². The van der Waals surface area contributed by atoms with Gasteiger partial charge in [0.25, 0.3) is 0 Å². The number of hydrogen-bond acceptors (Lipinski definition) is 1. The molecule has 2 heteroatoms. The Labute approximate surface area is 67.4 Å². The molecule has 1 rings (SSSR count). The van der Waals surface area contributed by atoms with Crippen molar-refractivity contribution in [1.29, 1.82) is 0 Å². The summed E-state index contributed by atoms with van der Waals surface area (Å²) in [6.45, 7) is 0. The molecular weight excluding hydrogens is 160 g/mol. The van der Waals surface area contributed by atoms with E-state index in [1.807, 2.05) is 0 Å². The van der Waals surface area contributed by atoms with Gasteiger partial charge in [0.1, 0.15) is 0 Å². The van der Waals surface area contributed by atoms with Crippen LogP contribution in [0.4, 0.5) is 0 Å². The van der Waals surface area contributed by atoms with Gasteiger partial charge in [-0.05, 0) is 30.2 Å². The van der Waals surface area contributed by atoms with E-state index in [0.717, 1.165) is 0 Å². The second kappa shape index (κ2) is 2.83. The Hall–Kier alpha value is -0.170. The van der Waals surface area contributed by atoms with Crippen LogP contribution in [0.2, 0.25) is 0 Å². The van der Waals surface area contributed by atoms with E-state index in [9.17, 15) is 0 Å². The van der Waals surface area contributed by atoms with E-state index in [1.165, 1.54) is 4.88 Å². The van der Waals surface area contributed by atoms with Crippen LogP contribution in [0, 0.1) is 5.18 Å². The van der Waals surface area contributed by atoms with Crippen molar-refractivity contribution >= 4 is 20.8 Å². The second-order valence-electron chi connectivity index (χ2n) is 2.92. The van der Waals surface area contributed by atoms with E-state index in [4.69, 9.17) is 0 Å². The van der Waals surface area contributed by atoms with Crippen LogP contribution in [-0.2, 0) is 0 Å². The third-order valence-electron chi connectivity index (χ3n) is 0.928. The minimum atomic E-state index is -0.587. The molecule has 0 saturated heterocycles. The van der Waals surface area contributed by atoms with Gasteiger partial charge in [-0.3, -0.25) is 0 Å². The molecule has 0 unspecified atom stereocenters. The van der Waals surface area contributed by atoms with Crippen LogP contribution in [0.1, 0.15) is 4.88 Å². The van der Waals surface area contributed by atoms with Gasteiger partial charge >= 0.3 is 0 Å². The second-order valence-corrected chi connectivity index (χ2v) is 7.74. The largest absolute Gasteiger partial charge is 0.192 e. The Bertz CT molecular complexity index is 286. The molecule has 56 valence electrons. The summed E-state index contributed by atoms with van der Waals surface area (Å²) in [4.78, 5) is 1.28. The van der Waals surface area contributed by atoms with Gasteiger partial charge in [0, 0.05) is 0 Å². The zero-order valence-corrected chi connectivity index (χ0v) is 8.18. The molecule has 0 atom stereocenters. The third kappa shape index (κ3) is 2.61. The van der Waals surface area contributed by atoms with Crippen LogP contribution in [0.15, 0.2) is 17.5 Å². The molecule has 0 fully saturated rings. The minimum absolute atomic E-state index is 0.587. The fourth-order valence-corrected chi connectivity index (χ4v) is 2.71. The lowest BCUT2D eigenvalue weighted by Gasteiger charge is -2.00. The predicted octanol–water partition coefficient (Wildman–Crippen LogP) is 2.75. The maximum atomic E-state index is 3.46. The summed E-state index contributed by atoms with van der Waals surface area (Å²) in [5.74, 6) is 0. The lowest BCUT2D eigenvalue weighted by molar-refractivity contribution is 1.95. The van der Waals surface area contributed by atoms with Gasteiger partial charge in [-0.25, -0.2) is 0 Å². The Morgan fingerprint density at radius 3 is 2.50 bits per heavy atom. The van der Waals surface area contributed by atoms with Crippen LogP contribution >= 0.6 is 20.8 Å². The molecule has 1 aromatic heterocycles. The normalized spacial score (nSPS) is 11.1. The highest BCUT2D eigenvalue weighted by atomic mass is 32.2. The van der Waals surface area contributed by atoms with Crippen LogP contribution in [0.5, 0.6) is 0 Å². The first kappa shape index (κ1) is 7.93. The molecule has 0 saturated carbocycles. The maximum Gasteiger partial charge on any atom is 0.0741 e. The molecule has 0 amide bonds. The molecular formula is C8H12S2. The fourth-order valence-electron chi connectivity index (χ4n) is 0.638. The number of thiophene rings is 1. The molecule has 0 N–H and O–H groups in total. The van der Waals surface area contributed by atoms with Crippen molar-refractivity contribution in [1.82, 2.24) is 0 Å². The molecule has 0 nitrogen and oxygen atoms in total. The highest BCUT2D eigenvalue weighted by Gasteiger charge is 1.88. The van der Waals surface area contributed by atoms with Crippen molar-refractivity contribution in [2.75, 3.05) is 18.8 Å². The molecule has 1 heterocycles. The standard InChI is InChI=1S/C8H12S2/c1-10(2,3)7-8-5-4-6-9-8/h4-6H,1-3H3. The Morgan fingerprint density at radius 1 is 1.40 bits per heavy atom. The van der Waals surface area contributed by atoms with Crippen molar-refractivity contribution in [3.8, 4) is 5.18 Å². The molecule has 1 aromatic rings. The lowest BCUT2D eigenvalue weighted by atomic mass is 10.5. The molecule has 0 aromatic carbocycles. The summed E-state index contributed by atoms with van der Waals surface area (Å²) in [6, 6.07) is 4.18. The topological polar surface area (TPSA) is 0 Å². The van der Waals surface area contributed by atoms with E-state index in [2.05, 4.69) is 41.5 Å². The average molecular weight is 172 g/mol. The van der Waals surface area contributed by atoms with Gasteiger partial charge in [0.05, 0.1) is 4.88 Å². The maximum absolute atomic E-state index is 3.46. The molecule has 0 spiro atoms. The lowest BCUT2D eigenvalue weighted by Crippen LogP contribution is -1.72. The SMILES string of the molecule is CS(C)(C)#Cc1cccs1. The molecule has 0 radical (unpaired) electrons. The summed E-state index contributed by atoms with van der Waals surface area (Å²) >= 11 is 1.76. The van der Waals surface area contributed by atoms with Gasteiger partial charge in [-0.2, -0.15) is 9.44 Å². The van der Waals surface area contributed by atoms with Crippen LogP contribution in [0.3, 0.4) is 0 Å². The van der Waals surface area contributed by atoms with Gasteiger partial charge in [-0.15, -0.1) is 11.3 Å². The smallest absolute Gasteiger partial charge is 0.0741 e. The number of rotatable bonds is 0. The van der Waals surface area contributed by atoms with Crippen molar-refractivity contribution in [3.05, 3.63) is 22.4 Å². The minimum Gasteiger partial charge on any atom is -0.192 e. The van der Waals surface area contributed by atoms with E-state index < -0.39 is 9.44 Å². The summed E-state index contributed by atoms with van der Waals surface area (Å²) in [5, 5.41) is 5.55. The summed E-state index contributed by atoms with van der Waals surface area (Å²) in [5.41, 5.74) is 0. The van der Waals surface area contributed by atoms with Crippen LogP contribution in [-0.4, -0.2) is 18.8 Å². The quantitative estimate of drug-likeness (QED) is 0.564. The van der Waals surface area contributed by atoms with E-state index in [0.29, 0.717) is 0 Å².